The number of unbranched alkanes of at least 4 members (excludes halogenated alkanes) is 1. The van der Waals surface area contributed by atoms with Gasteiger partial charge in [-0.15, -0.1) is 5.10 Å². The highest BCUT2D eigenvalue weighted by Crippen LogP contribution is 2.17. The van der Waals surface area contributed by atoms with Crippen LogP contribution < -0.4 is 0 Å². The molecule has 0 saturated heterocycles. The lowest BCUT2D eigenvalue weighted by atomic mass is 9.92. The second-order valence-electron chi connectivity index (χ2n) is 6.98. The van der Waals surface area contributed by atoms with Crippen molar-refractivity contribution >= 4 is 0 Å². The first-order valence-corrected chi connectivity index (χ1v) is 8.38. The lowest BCUT2D eigenvalue weighted by molar-refractivity contribution is 0.378. The van der Waals surface area contributed by atoms with Crippen molar-refractivity contribution in [3.63, 3.8) is 0 Å². The maximum atomic E-state index is 4.28. The molecule has 1 aromatic rings. The van der Waals surface area contributed by atoms with Gasteiger partial charge in [0.25, 0.3) is 0 Å². The molecule has 0 aliphatic carbocycles. The monoisotopic (exact) mass is 279 g/mol. The molecule has 0 aliphatic rings. The predicted molar refractivity (Wildman–Crippen MR) is 85.7 cm³/mol. The number of nitrogens with zero attached hydrogens (tertiary/aromatic N) is 3. The highest BCUT2D eigenvalue weighted by atomic mass is 15.4. The predicted octanol–water partition coefficient (Wildman–Crippen LogP) is 4.72. The van der Waals surface area contributed by atoms with Crippen LogP contribution in [0.25, 0.3) is 0 Å². The van der Waals surface area contributed by atoms with Crippen molar-refractivity contribution in [1.29, 1.82) is 0 Å². The molecular weight excluding hydrogens is 246 g/mol. The minimum Gasteiger partial charge on any atom is -0.252 e. The number of hydrogen-bond donors (Lipinski definition) is 0. The Morgan fingerprint density at radius 1 is 1.00 bits per heavy atom. The maximum absolute atomic E-state index is 4.28. The molecule has 0 bridgehead atoms. The molecule has 0 fully saturated rings. The number of aromatic nitrogens is 3. The van der Waals surface area contributed by atoms with E-state index in [1.54, 1.807) is 0 Å². The summed E-state index contributed by atoms with van der Waals surface area (Å²) in [7, 11) is 0. The van der Waals surface area contributed by atoms with E-state index in [2.05, 4.69) is 51.1 Å². The number of rotatable bonds is 10. The Morgan fingerprint density at radius 2 is 1.75 bits per heavy atom. The fourth-order valence-electron chi connectivity index (χ4n) is 2.33. The molecule has 1 heterocycles. The third-order valence-electron chi connectivity index (χ3n) is 4.24. The molecule has 1 rings (SSSR count). The topological polar surface area (TPSA) is 30.7 Å². The van der Waals surface area contributed by atoms with Crippen LogP contribution in [0.2, 0.25) is 0 Å². The molecule has 0 spiro atoms. The molecular formula is C17H33N3. The van der Waals surface area contributed by atoms with Gasteiger partial charge in [-0.2, -0.15) is 0 Å². The summed E-state index contributed by atoms with van der Waals surface area (Å²) in [5, 5.41) is 8.50. The molecule has 116 valence electrons. The first kappa shape index (κ1) is 17.2. The van der Waals surface area contributed by atoms with Crippen LogP contribution in [0, 0.1) is 17.8 Å². The SMILES string of the molecule is CC(C)CCCn1cc(CCCCC(C)C(C)C)nn1. The largest absolute Gasteiger partial charge is 0.252 e. The summed E-state index contributed by atoms with van der Waals surface area (Å²) in [6.07, 6.45) is 9.55. The summed E-state index contributed by atoms with van der Waals surface area (Å²) in [5.74, 6) is 2.42. The zero-order valence-electron chi connectivity index (χ0n) is 14.1. The van der Waals surface area contributed by atoms with E-state index in [0.29, 0.717) is 0 Å². The molecule has 1 aromatic heterocycles. The van der Waals surface area contributed by atoms with Crippen molar-refractivity contribution in [2.45, 2.75) is 79.7 Å². The molecule has 1 atom stereocenters. The molecule has 0 N–H and O–H groups in total. The first-order chi connectivity index (χ1) is 9.49. The second-order valence-corrected chi connectivity index (χ2v) is 6.98. The first-order valence-electron chi connectivity index (χ1n) is 8.38. The Bertz CT molecular complexity index is 355. The van der Waals surface area contributed by atoms with Crippen molar-refractivity contribution in [3.05, 3.63) is 11.9 Å². The van der Waals surface area contributed by atoms with E-state index in [4.69, 9.17) is 0 Å². The fourth-order valence-corrected chi connectivity index (χ4v) is 2.33. The van der Waals surface area contributed by atoms with Gasteiger partial charge >= 0.3 is 0 Å². The van der Waals surface area contributed by atoms with E-state index < -0.39 is 0 Å². The van der Waals surface area contributed by atoms with Crippen LogP contribution >= 0.6 is 0 Å². The van der Waals surface area contributed by atoms with Crippen LogP contribution in [0.15, 0.2) is 6.20 Å². The van der Waals surface area contributed by atoms with Gasteiger partial charge in [-0.3, -0.25) is 4.68 Å². The summed E-state index contributed by atoms with van der Waals surface area (Å²) in [4.78, 5) is 0. The van der Waals surface area contributed by atoms with Crippen LogP contribution in [0.1, 0.15) is 72.4 Å². The second kappa shape index (κ2) is 9.15. The molecule has 0 amide bonds. The third-order valence-corrected chi connectivity index (χ3v) is 4.24. The minimum absolute atomic E-state index is 0.779. The van der Waals surface area contributed by atoms with Gasteiger partial charge in [-0.1, -0.05) is 52.7 Å². The van der Waals surface area contributed by atoms with Crippen molar-refractivity contribution < 1.29 is 0 Å². The summed E-state index contributed by atoms with van der Waals surface area (Å²) < 4.78 is 2.01. The van der Waals surface area contributed by atoms with E-state index >= 15 is 0 Å². The van der Waals surface area contributed by atoms with Gasteiger partial charge in [0, 0.05) is 12.7 Å². The molecule has 0 aromatic carbocycles. The van der Waals surface area contributed by atoms with Gasteiger partial charge in [0.05, 0.1) is 5.69 Å². The molecule has 0 saturated carbocycles. The Hall–Kier alpha value is -0.860. The smallest absolute Gasteiger partial charge is 0.0827 e. The number of aryl methyl sites for hydroxylation is 2. The Morgan fingerprint density at radius 3 is 2.40 bits per heavy atom. The molecule has 3 nitrogen and oxygen atoms in total. The molecule has 3 heteroatoms. The van der Waals surface area contributed by atoms with Crippen LogP contribution in [0.3, 0.4) is 0 Å². The molecule has 0 aliphatic heterocycles. The van der Waals surface area contributed by atoms with E-state index in [9.17, 15) is 0 Å². The quantitative estimate of drug-likeness (QED) is 0.580. The van der Waals surface area contributed by atoms with Gasteiger partial charge in [0.1, 0.15) is 0 Å². The van der Waals surface area contributed by atoms with Crippen molar-refractivity contribution in [2.24, 2.45) is 17.8 Å². The van der Waals surface area contributed by atoms with Crippen LogP contribution in [-0.4, -0.2) is 15.0 Å². The maximum Gasteiger partial charge on any atom is 0.0827 e. The summed E-state index contributed by atoms with van der Waals surface area (Å²) in [6.45, 7) is 12.5. The van der Waals surface area contributed by atoms with E-state index in [1.165, 1.54) is 32.1 Å². The highest BCUT2D eigenvalue weighted by Gasteiger charge is 2.07. The van der Waals surface area contributed by atoms with Crippen LogP contribution in [0.4, 0.5) is 0 Å². The Labute approximate surface area is 125 Å². The molecule has 20 heavy (non-hydrogen) atoms. The lowest BCUT2D eigenvalue weighted by Gasteiger charge is -2.14. The van der Waals surface area contributed by atoms with Gasteiger partial charge < -0.3 is 0 Å². The van der Waals surface area contributed by atoms with Gasteiger partial charge in [-0.05, 0) is 43.4 Å². The van der Waals surface area contributed by atoms with Crippen LogP contribution in [0.5, 0.6) is 0 Å². The summed E-state index contributed by atoms with van der Waals surface area (Å²) in [6, 6.07) is 0. The molecule has 1 unspecified atom stereocenters. The zero-order chi connectivity index (χ0) is 15.0. The summed E-state index contributed by atoms with van der Waals surface area (Å²) >= 11 is 0. The average molecular weight is 279 g/mol. The third kappa shape index (κ3) is 7.06. The van der Waals surface area contributed by atoms with Crippen molar-refractivity contribution in [1.82, 2.24) is 15.0 Å². The fraction of sp³-hybridized carbons (Fsp3) is 0.882. The van der Waals surface area contributed by atoms with Gasteiger partial charge in [-0.25, -0.2) is 0 Å². The zero-order valence-corrected chi connectivity index (χ0v) is 14.1. The Balaban J connectivity index is 2.17. The molecule has 0 radical (unpaired) electrons. The summed E-state index contributed by atoms with van der Waals surface area (Å²) in [5.41, 5.74) is 1.16. The van der Waals surface area contributed by atoms with E-state index in [0.717, 1.165) is 36.4 Å². The van der Waals surface area contributed by atoms with E-state index in [-0.39, 0.29) is 0 Å². The van der Waals surface area contributed by atoms with E-state index in [1.807, 2.05) is 4.68 Å². The highest BCUT2D eigenvalue weighted by molar-refractivity contribution is 4.92. The van der Waals surface area contributed by atoms with Crippen molar-refractivity contribution in [2.75, 3.05) is 0 Å². The van der Waals surface area contributed by atoms with Crippen LogP contribution in [-0.2, 0) is 13.0 Å². The lowest BCUT2D eigenvalue weighted by Crippen LogP contribution is -2.03. The van der Waals surface area contributed by atoms with Gasteiger partial charge in [0.2, 0.25) is 0 Å². The normalized spacial score (nSPS) is 13.3. The van der Waals surface area contributed by atoms with Crippen molar-refractivity contribution in [3.8, 4) is 0 Å². The van der Waals surface area contributed by atoms with Gasteiger partial charge in [0.15, 0.2) is 0 Å². The standard InChI is InChI=1S/C17H33N3/c1-14(2)9-8-12-20-13-17(18-19-20)11-7-6-10-16(5)15(3)4/h13-16H,6-12H2,1-5H3. The average Bonchev–Trinajstić information content (AvgIpc) is 2.81. The number of hydrogen-bond acceptors (Lipinski definition) is 2. The minimum atomic E-state index is 0.779. The Kier molecular flexibility index (Phi) is 7.86.